The van der Waals surface area contributed by atoms with E-state index < -0.39 is 11.4 Å². The molecular formula is C21H25FN4O3. The number of hydrogen-bond donors (Lipinski definition) is 0. The lowest BCUT2D eigenvalue weighted by molar-refractivity contribution is -0.140. The SMILES string of the molecule is Cc1cc(C(=O)N2C=C(C(=O)OC(C)C)c3c(nnn3C)C(C)(C)C2)ccc1F. The number of nitrogens with zero attached hydrogens (tertiary/aromatic N) is 4. The number of rotatable bonds is 3. The largest absolute Gasteiger partial charge is 0.459 e. The van der Waals surface area contributed by atoms with Gasteiger partial charge in [0, 0.05) is 30.8 Å². The smallest absolute Gasteiger partial charge is 0.342 e. The topological polar surface area (TPSA) is 77.3 Å². The molecule has 1 aromatic heterocycles. The number of aryl methyl sites for hydroxylation is 2. The van der Waals surface area contributed by atoms with Crippen LogP contribution in [0.25, 0.3) is 5.57 Å². The van der Waals surface area contributed by atoms with E-state index >= 15 is 0 Å². The minimum absolute atomic E-state index is 0.207. The van der Waals surface area contributed by atoms with Crippen molar-refractivity contribution in [2.75, 3.05) is 6.54 Å². The van der Waals surface area contributed by atoms with Crippen LogP contribution in [0.15, 0.2) is 24.4 Å². The zero-order valence-corrected chi connectivity index (χ0v) is 17.5. The molecule has 154 valence electrons. The Bertz CT molecular complexity index is 1010. The second kappa shape index (κ2) is 7.42. The number of aromatic nitrogens is 3. The van der Waals surface area contributed by atoms with Crippen molar-refractivity contribution in [2.24, 2.45) is 7.05 Å². The molecule has 0 atom stereocenters. The van der Waals surface area contributed by atoms with Gasteiger partial charge in [-0.05, 0) is 44.5 Å². The van der Waals surface area contributed by atoms with Crippen LogP contribution in [0.2, 0.25) is 0 Å². The highest BCUT2D eigenvalue weighted by Crippen LogP contribution is 2.34. The summed E-state index contributed by atoms with van der Waals surface area (Å²) in [6.07, 6.45) is 1.16. The summed E-state index contributed by atoms with van der Waals surface area (Å²) in [5, 5.41) is 8.32. The molecule has 2 aromatic rings. The molecule has 0 radical (unpaired) electrons. The number of carbonyl (C=O) groups excluding carboxylic acids is 2. The van der Waals surface area contributed by atoms with Crippen molar-refractivity contribution >= 4 is 17.4 Å². The van der Waals surface area contributed by atoms with Crippen molar-refractivity contribution in [2.45, 2.75) is 46.1 Å². The Morgan fingerprint density at radius 1 is 1.28 bits per heavy atom. The average molecular weight is 400 g/mol. The Labute approximate surface area is 169 Å². The van der Waals surface area contributed by atoms with Gasteiger partial charge in [0.05, 0.1) is 11.8 Å². The van der Waals surface area contributed by atoms with Crippen molar-refractivity contribution in [1.29, 1.82) is 0 Å². The molecule has 0 saturated heterocycles. The van der Waals surface area contributed by atoms with Crippen molar-refractivity contribution in [3.05, 3.63) is 52.7 Å². The van der Waals surface area contributed by atoms with E-state index in [1.165, 1.54) is 34.0 Å². The summed E-state index contributed by atoms with van der Waals surface area (Å²) in [4.78, 5) is 27.5. The second-order valence-electron chi connectivity index (χ2n) is 8.19. The molecule has 1 aliphatic heterocycles. The number of amides is 1. The fourth-order valence-electron chi connectivity index (χ4n) is 3.38. The van der Waals surface area contributed by atoms with Gasteiger partial charge in [-0.2, -0.15) is 0 Å². The number of esters is 1. The quantitative estimate of drug-likeness (QED) is 0.741. The summed E-state index contributed by atoms with van der Waals surface area (Å²) in [7, 11) is 1.69. The van der Waals surface area contributed by atoms with Gasteiger partial charge in [-0.3, -0.25) is 4.79 Å². The Morgan fingerprint density at radius 3 is 2.59 bits per heavy atom. The molecule has 1 aromatic carbocycles. The third kappa shape index (κ3) is 3.92. The highest BCUT2D eigenvalue weighted by atomic mass is 19.1. The van der Waals surface area contributed by atoms with Crippen molar-refractivity contribution in [3.8, 4) is 0 Å². The predicted molar refractivity (Wildman–Crippen MR) is 105 cm³/mol. The van der Waals surface area contributed by atoms with Gasteiger partial charge >= 0.3 is 5.97 Å². The van der Waals surface area contributed by atoms with Crippen LogP contribution in [0.1, 0.15) is 55.0 Å². The van der Waals surface area contributed by atoms with Gasteiger partial charge < -0.3 is 9.64 Å². The Morgan fingerprint density at radius 2 is 1.97 bits per heavy atom. The number of fused-ring (bicyclic) bond motifs is 1. The molecule has 3 rings (SSSR count). The van der Waals surface area contributed by atoms with Gasteiger partial charge in [0.15, 0.2) is 0 Å². The molecule has 0 unspecified atom stereocenters. The molecule has 8 heteroatoms. The van der Waals surface area contributed by atoms with Crippen LogP contribution < -0.4 is 0 Å². The molecular weight excluding hydrogens is 375 g/mol. The number of benzene rings is 1. The van der Waals surface area contributed by atoms with Crippen LogP contribution in [-0.2, 0) is 22.0 Å². The predicted octanol–water partition coefficient (Wildman–Crippen LogP) is 2.99. The van der Waals surface area contributed by atoms with Crippen LogP contribution in [0.3, 0.4) is 0 Å². The van der Waals surface area contributed by atoms with Crippen molar-refractivity contribution in [1.82, 2.24) is 19.9 Å². The molecule has 0 saturated carbocycles. The maximum atomic E-state index is 13.6. The minimum Gasteiger partial charge on any atom is -0.459 e. The standard InChI is InChI=1S/C21H25FN4O3/c1-12(2)29-20(28)15-10-26(19(27)14-7-8-16(22)13(3)9-14)11-21(4,5)18-17(15)25(6)24-23-18/h7-10,12H,11H2,1-6H3. The molecule has 1 aliphatic rings. The molecule has 29 heavy (non-hydrogen) atoms. The van der Waals surface area contributed by atoms with E-state index in [0.29, 0.717) is 22.5 Å². The lowest BCUT2D eigenvalue weighted by Crippen LogP contribution is -2.37. The molecule has 0 bridgehead atoms. The van der Waals surface area contributed by atoms with Gasteiger partial charge in [-0.25, -0.2) is 13.9 Å². The summed E-state index contributed by atoms with van der Waals surface area (Å²) in [5.41, 5.74) is 1.47. The molecule has 0 fully saturated rings. The minimum atomic E-state index is -0.579. The Balaban J connectivity index is 2.12. The highest BCUT2D eigenvalue weighted by Gasteiger charge is 2.38. The van der Waals surface area contributed by atoms with Crippen molar-refractivity contribution in [3.63, 3.8) is 0 Å². The van der Waals surface area contributed by atoms with Crippen molar-refractivity contribution < 1.29 is 18.7 Å². The first-order valence-electron chi connectivity index (χ1n) is 9.41. The lowest BCUT2D eigenvalue weighted by Gasteiger charge is -2.27. The normalized spacial score (nSPS) is 15.6. The van der Waals surface area contributed by atoms with E-state index in [0.717, 1.165) is 0 Å². The first-order valence-corrected chi connectivity index (χ1v) is 9.41. The summed E-state index contributed by atoms with van der Waals surface area (Å²) in [5.74, 6) is -1.27. The fraction of sp³-hybridized carbons (Fsp3) is 0.429. The third-order valence-corrected chi connectivity index (χ3v) is 4.80. The third-order valence-electron chi connectivity index (χ3n) is 4.80. The van der Waals surface area contributed by atoms with E-state index in [1.54, 1.807) is 27.8 Å². The fourth-order valence-corrected chi connectivity index (χ4v) is 3.38. The van der Waals surface area contributed by atoms with Gasteiger partial charge in [-0.1, -0.05) is 19.1 Å². The van der Waals surface area contributed by atoms with Crippen LogP contribution in [-0.4, -0.2) is 44.4 Å². The van der Waals surface area contributed by atoms with E-state index in [2.05, 4.69) is 10.3 Å². The first-order chi connectivity index (χ1) is 13.5. The number of ether oxygens (including phenoxy) is 1. The van der Waals surface area contributed by atoms with E-state index in [-0.39, 0.29) is 29.9 Å². The molecule has 0 aliphatic carbocycles. The van der Waals surface area contributed by atoms with Crippen LogP contribution in [0.5, 0.6) is 0 Å². The van der Waals surface area contributed by atoms with Gasteiger partial charge in [-0.15, -0.1) is 5.10 Å². The van der Waals surface area contributed by atoms with Gasteiger partial charge in [0.25, 0.3) is 5.91 Å². The van der Waals surface area contributed by atoms with Crippen LogP contribution in [0.4, 0.5) is 4.39 Å². The summed E-state index contributed by atoms with van der Waals surface area (Å²) in [6, 6.07) is 4.21. The van der Waals surface area contributed by atoms with Gasteiger partial charge in [0.2, 0.25) is 0 Å². The Kier molecular flexibility index (Phi) is 5.30. The highest BCUT2D eigenvalue weighted by molar-refractivity contribution is 6.17. The van der Waals surface area contributed by atoms with E-state index in [9.17, 15) is 14.0 Å². The summed E-state index contributed by atoms with van der Waals surface area (Å²) < 4.78 is 20.6. The maximum Gasteiger partial charge on any atom is 0.342 e. The molecule has 2 heterocycles. The van der Waals surface area contributed by atoms with Crippen LogP contribution in [0, 0.1) is 12.7 Å². The number of halogens is 1. The molecule has 0 N–H and O–H groups in total. The maximum absolute atomic E-state index is 13.6. The average Bonchev–Trinajstić information content (AvgIpc) is 2.96. The van der Waals surface area contributed by atoms with Gasteiger partial charge in [0.1, 0.15) is 17.1 Å². The summed E-state index contributed by atoms with van der Waals surface area (Å²) >= 11 is 0. The van der Waals surface area contributed by atoms with Crippen LogP contribution >= 0.6 is 0 Å². The molecule has 1 amide bonds. The molecule has 0 spiro atoms. The summed E-state index contributed by atoms with van der Waals surface area (Å²) in [6.45, 7) is 9.25. The monoisotopic (exact) mass is 400 g/mol. The lowest BCUT2D eigenvalue weighted by atomic mass is 9.87. The zero-order valence-electron chi connectivity index (χ0n) is 17.5. The second-order valence-corrected chi connectivity index (χ2v) is 8.19. The zero-order chi connectivity index (χ0) is 21.5. The molecule has 7 nitrogen and oxygen atoms in total. The first kappa shape index (κ1) is 20.7. The van der Waals surface area contributed by atoms with E-state index in [4.69, 9.17) is 4.74 Å². The Hall–Kier alpha value is -3.03. The number of carbonyl (C=O) groups is 2. The number of hydrogen-bond acceptors (Lipinski definition) is 5. The van der Waals surface area contributed by atoms with E-state index in [1.807, 2.05) is 13.8 Å².